The first-order valence-corrected chi connectivity index (χ1v) is 8.35. The summed E-state index contributed by atoms with van der Waals surface area (Å²) in [7, 11) is 0. The summed E-state index contributed by atoms with van der Waals surface area (Å²) < 4.78 is 5.50. The molecule has 2 unspecified atom stereocenters. The second-order valence-electron chi connectivity index (χ2n) is 5.65. The SMILES string of the molecule is CCNC1CCCCCC1CN(CC)CCOCC. The van der Waals surface area contributed by atoms with Crippen molar-refractivity contribution in [3.05, 3.63) is 0 Å². The van der Waals surface area contributed by atoms with Crippen molar-refractivity contribution < 1.29 is 4.74 Å². The van der Waals surface area contributed by atoms with Gasteiger partial charge in [-0.25, -0.2) is 0 Å². The van der Waals surface area contributed by atoms with Crippen LogP contribution in [0, 0.1) is 5.92 Å². The summed E-state index contributed by atoms with van der Waals surface area (Å²) in [6, 6.07) is 0.730. The Morgan fingerprint density at radius 3 is 2.58 bits per heavy atom. The molecule has 3 heteroatoms. The number of rotatable bonds is 9. The smallest absolute Gasteiger partial charge is 0.0593 e. The van der Waals surface area contributed by atoms with Crippen molar-refractivity contribution in [2.45, 2.75) is 58.9 Å². The zero-order valence-corrected chi connectivity index (χ0v) is 13.3. The highest BCUT2D eigenvalue weighted by atomic mass is 16.5. The molecule has 0 aromatic rings. The van der Waals surface area contributed by atoms with E-state index in [4.69, 9.17) is 4.74 Å². The molecule has 1 rings (SSSR count). The molecule has 1 fully saturated rings. The first kappa shape index (κ1) is 16.9. The summed E-state index contributed by atoms with van der Waals surface area (Å²) in [5, 5.41) is 3.71. The summed E-state index contributed by atoms with van der Waals surface area (Å²) in [6.45, 7) is 12.8. The minimum atomic E-state index is 0.730. The van der Waals surface area contributed by atoms with Crippen molar-refractivity contribution in [2.75, 3.05) is 39.4 Å². The highest BCUT2D eigenvalue weighted by Gasteiger charge is 2.24. The number of nitrogens with zero attached hydrogens (tertiary/aromatic N) is 1. The van der Waals surface area contributed by atoms with E-state index in [2.05, 4.69) is 31.0 Å². The van der Waals surface area contributed by atoms with Crippen LogP contribution in [0.4, 0.5) is 0 Å². The van der Waals surface area contributed by atoms with Crippen molar-refractivity contribution >= 4 is 0 Å². The Hall–Kier alpha value is -0.120. The molecule has 19 heavy (non-hydrogen) atoms. The minimum Gasteiger partial charge on any atom is -0.380 e. The summed E-state index contributed by atoms with van der Waals surface area (Å²) in [4.78, 5) is 2.57. The van der Waals surface area contributed by atoms with Gasteiger partial charge in [0.25, 0.3) is 0 Å². The largest absolute Gasteiger partial charge is 0.380 e. The Morgan fingerprint density at radius 1 is 1.11 bits per heavy atom. The molecule has 1 N–H and O–H groups in total. The van der Waals surface area contributed by atoms with Crippen LogP contribution in [-0.4, -0.2) is 50.3 Å². The lowest BCUT2D eigenvalue weighted by Gasteiger charge is -2.31. The lowest BCUT2D eigenvalue weighted by Crippen LogP contribution is -2.42. The maximum absolute atomic E-state index is 5.50. The number of ether oxygens (including phenoxy) is 1. The van der Waals surface area contributed by atoms with Gasteiger partial charge in [0.15, 0.2) is 0 Å². The zero-order valence-electron chi connectivity index (χ0n) is 13.3. The fourth-order valence-corrected chi connectivity index (χ4v) is 3.18. The van der Waals surface area contributed by atoms with Crippen molar-refractivity contribution in [3.63, 3.8) is 0 Å². The third-order valence-electron chi connectivity index (χ3n) is 4.32. The molecule has 0 saturated heterocycles. The molecule has 0 bridgehead atoms. The van der Waals surface area contributed by atoms with E-state index < -0.39 is 0 Å². The van der Waals surface area contributed by atoms with Crippen LogP contribution in [-0.2, 0) is 4.74 Å². The van der Waals surface area contributed by atoms with Gasteiger partial charge in [-0.3, -0.25) is 0 Å². The number of nitrogens with one attached hydrogen (secondary N) is 1. The third kappa shape index (κ3) is 6.73. The normalized spacial score (nSPS) is 24.6. The molecule has 1 aliphatic carbocycles. The fraction of sp³-hybridized carbons (Fsp3) is 1.00. The van der Waals surface area contributed by atoms with Gasteiger partial charge in [-0.2, -0.15) is 0 Å². The molecule has 0 amide bonds. The standard InChI is InChI=1S/C16H34N2O/c1-4-17-16-11-9-7-8-10-15(16)14-18(5-2)12-13-19-6-3/h15-17H,4-14H2,1-3H3. The molecule has 1 aliphatic rings. The maximum atomic E-state index is 5.50. The van der Waals surface area contributed by atoms with Gasteiger partial charge < -0.3 is 15.0 Å². The van der Waals surface area contributed by atoms with Crippen LogP contribution in [0.3, 0.4) is 0 Å². The monoisotopic (exact) mass is 270 g/mol. The van der Waals surface area contributed by atoms with Crippen LogP contribution in [0.2, 0.25) is 0 Å². The highest BCUT2D eigenvalue weighted by Crippen LogP contribution is 2.24. The number of hydrogen-bond acceptors (Lipinski definition) is 3. The Morgan fingerprint density at radius 2 is 1.89 bits per heavy atom. The summed E-state index contributed by atoms with van der Waals surface area (Å²) in [6.07, 6.45) is 6.99. The van der Waals surface area contributed by atoms with Gasteiger partial charge >= 0.3 is 0 Å². The Kier molecular flexibility index (Phi) is 9.48. The Labute approximate surface area is 120 Å². The molecular formula is C16H34N2O. The number of hydrogen-bond donors (Lipinski definition) is 1. The second kappa shape index (κ2) is 10.6. The predicted octanol–water partition coefficient (Wildman–Crippen LogP) is 2.90. The van der Waals surface area contributed by atoms with Crippen LogP contribution in [0.25, 0.3) is 0 Å². The highest BCUT2D eigenvalue weighted by molar-refractivity contribution is 4.81. The molecule has 0 spiro atoms. The van der Waals surface area contributed by atoms with Gasteiger partial charge in [0.05, 0.1) is 6.61 Å². The molecule has 1 saturated carbocycles. The predicted molar refractivity (Wildman–Crippen MR) is 82.6 cm³/mol. The lowest BCUT2D eigenvalue weighted by molar-refractivity contribution is 0.103. The summed E-state index contributed by atoms with van der Waals surface area (Å²) in [5.74, 6) is 0.823. The van der Waals surface area contributed by atoms with Crippen molar-refractivity contribution in [1.29, 1.82) is 0 Å². The van der Waals surface area contributed by atoms with E-state index in [1.165, 1.54) is 38.6 Å². The topological polar surface area (TPSA) is 24.5 Å². The van der Waals surface area contributed by atoms with Crippen molar-refractivity contribution in [2.24, 2.45) is 5.92 Å². The van der Waals surface area contributed by atoms with E-state index >= 15 is 0 Å². The molecule has 3 nitrogen and oxygen atoms in total. The average molecular weight is 270 g/mol. The van der Waals surface area contributed by atoms with Crippen molar-refractivity contribution in [3.8, 4) is 0 Å². The maximum Gasteiger partial charge on any atom is 0.0593 e. The van der Waals surface area contributed by atoms with E-state index in [-0.39, 0.29) is 0 Å². The quantitative estimate of drug-likeness (QED) is 0.515. The first-order valence-electron chi connectivity index (χ1n) is 8.35. The Bertz CT molecular complexity index is 211. The van der Waals surface area contributed by atoms with Gasteiger partial charge in [0.2, 0.25) is 0 Å². The average Bonchev–Trinajstić information content (AvgIpc) is 2.64. The van der Waals surface area contributed by atoms with Crippen LogP contribution in [0.1, 0.15) is 52.9 Å². The van der Waals surface area contributed by atoms with Crippen LogP contribution in [0.5, 0.6) is 0 Å². The molecule has 114 valence electrons. The van der Waals surface area contributed by atoms with Crippen molar-refractivity contribution in [1.82, 2.24) is 10.2 Å². The molecule has 0 aliphatic heterocycles. The summed E-state index contributed by atoms with van der Waals surface area (Å²) in [5.41, 5.74) is 0. The zero-order chi connectivity index (χ0) is 13.9. The van der Waals surface area contributed by atoms with E-state index in [9.17, 15) is 0 Å². The third-order valence-corrected chi connectivity index (χ3v) is 4.32. The van der Waals surface area contributed by atoms with Crippen LogP contribution in [0.15, 0.2) is 0 Å². The van der Waals surface area contributed by atoms with E-state index in [1.807, 2.05) is 0 Å². The van der Waals surface area contributed by atoms with Gasteiger partial charge in [-0.15, -0.1) is 0 Å². The fourth-order valence-electron chi connectivity index (χ4n) is 3.18. The van der Waals surface area contributed by atoms with Crippen LogP contribution < -0.4 is 5.32 Å². The molecule has 0 aromatic carbocycles. The number of likely N-dealkylation sites (N-methyl/N-ethyl adjacent to an activating group) is 1. The second-order valence-corrected chi connectivity index (χ2v) is 5.65. The van der Waals surface area contributed by atoms with Gasteiger partial charge in [0, 0.05) is 25.7 Å². The molecule has 0 radical (unpaired) electrons. The Balaban J connectivity index is 2.43. The molecular weight excluding hydrogens is 236 g/mol. The summed E-state index contributed by atoms with van der Waals surface area (Å²) >= 11 is 0. The van der Waals surface area contributed by atoms with E-state index in [0.717, 1.165) is 44.8 Å². The van der Waals surface area contributed by atoms with Gasteiger partial charge in [-0.1, -0.05) is 33.1 Å². The van der Waals surface area contributed by atoms with E-state index in [0.29, 0.717) is 0 Å². The molecule has 2 atom stereocenters. The van der Waals surface area contributed by atoms with E-state index in [1.54, 1.807) is 0 Å². The molecule has 0 aromatic heterocycles. The first-order chi connectivity index (χ1) is 9.31. The van der Waals surface area contributed by atoms with Crippen LogP contribution >= 0.6 is 0 Å². The van der Waals surface area contributed by atoms with Gasteiger partial charge in [-0.05, 0) is 38.8 Å². The molecule has 0 heterocycles. The lowest BCUT2D eigenvalue weighted by atomic mass is 9.94. The minimum absolute atomic E-state index is 0.730. The van der Waals surface area contributed by atoms with Gasteiger partial charge in [0.1, 0.15) is 0 Å².